The fraction of sp³-hybridized carbons (Fsp3) is 0.417. The molecule has 1 fully saturated rings. The molecular formula is C12H13NO3. The van der Waals surface area contributed by atoms with Gasteiger partial charge in [-0.25, -0.2) is 6.57 Å². The van der Waals surface area contributed by atoms with Crippen LogP contribution in [-0.4, -0.2) is 25.4 Å². The zero-order chi connectivity index (χ0) is 11.6. The van der Waals surface area contributed by atoms with E-state index in [4.69, 9.17) is 16.0 Å². The van der Waals surface area contributed by atoms with Gasteiger partial charge in [-0.05, 0) is 18.2 Å². The number of ether oxygens (including phenoxy) is 2. The van der Waals surface area contributed by atoms with Gasteiger partial charge < -0.3 is 19.4 Å². The van der Waals surface area contributed by atoms with Gasteiger partial charge in [0.1, 0.15) is 6.61 Å². The Balaban J connectivity index is 2.44. The van der Waals surface area contributed by atoms with Gasteiger partial charge in [-0.15, -0.1) is 0 Å². The number of hydrogen-bond acceptors (Lipinski definition) is 3. The minimum absolute atomic E-state index is 0.0882. The molecule has 0 saturated carbocycles. The maximum atomic E-state index is 9.50. The summed E-state index contributed by atoms with van der Waals surface area (Å²) in [6.07, 6.45) is 0.685. The van der Waals surface area contributed by atoms with Gasteiger partial charge in [-0.3, -0.25) is 0 Å². The minimum Gasteiger partial charge on any atom is -0.504 e. The molecule has 1 aliphatic rings. The summed E-state index contributed by atoms with van der Waals surface area (Å²) in [7, 11) is 1.49. The average molecular weight is 219 g/mol. The highest BCUT2D eigenvalue weighted by Gasteiger charge is 2.43. The lowest BCUT2D eigenvalue weighted by Crippen LogP contribution is -2.21. The molecule has 0 aliphatic carbocycles. The van der Waals surface area contributed by atoms with Crippen molar-refractivity contribution in [3.8, 4) is 11.5 Å². The lowest BCUT2D eigenvalue weighted by Gasteiger charge is -2.15. The molecule has 1 saturated heterocycles. The third-order valence-corrected chi connectivity index (χ3v) is 2.93. The highest BCUT2D eigenvalue weighted by atomic mass is 16.5. The van der Waals surface area contributed by atoms with Crippen molar-refractivity contribution in [1.82, 2.24) is 0 Å². The van der Waals surface area contributed by atoms with Gasteiger partial charge in [0.05, 0.1) is 20.1 Å². The summed E-state index contributed by atoms with van der Waals surface area (Å²) < 4.78 is 10.3. The van der Waals surface area contributed by atoms with E-state index in [-0.39, 0.29) is 5.75 Å². The molecule has 0 bridgehead atoms. The molecule has 1 aromatic carbocycles. The Morgan fingerprint density at radius 3 is 2.94 bits per heavy atom. The van der Waals surface area contributed by atoms with Crippen molar-refractivity contribution in [2.45, 2.75) is 12.0 Å². The number of phenols is 1. The Hall–Kier alpha value is -1.73. The van der Waals surface area contributed by atoms with Crippen LogP contribution in [0.25, 0.3) is 4.85 Å². The molecule has 4 heteroatoms. The van der Waals surface area contributed by atoms with Crippen LogP contribution in [0, 0.1) is 6.57 Å². The molecule has 2 rings (SSSR count). The molecule has 1 atom stereocenters. The summed E-state index contributed by atoms with van der Waals surface area (Å²) in [5.74, 6) is 0.484. The van der Waals surface area contributed by atoms with Crippen molar-refractivity contribution in [2.75, 3.05) is 20.3 Å². The molecular weight excluding hydrogens is 206 g/mol. The molecule has 0 amide bonds. The van der Waals surface area contributed by atoms with Crippen molar-refractivity contribution >= 4 is 0 Å². The molecule has 1 aromatic rings. The second-order valence-corrected chi connectivity index (χ2v) is 3.83. The van der Waals surface area contributed by atoms with E-state index in [1.54, 1.807) is 18.2 Å². The normalized spacial score (nSPS) is 24.0. The second kappa shape index (κ2) is 4.03. The van der Waals surface area contributed by atoms with Crippen LogP contribution >= 0.6 is 0 Å². The lowest BCUT2D eigenvalue weighted by atomic mass is 9.90. The highest BCUT2D eigenvalue weighted by Crippen LogP contribution is 2.38. The summed E-state index contributed by atoms with van der Waals surface area (Å²) in [5, 5.41) is 9.50. The standard InChI is InChI=1S/C12H13NO3/c1-13-12(5-6-16-8-12)9-3-4-10(14)11(7-9)15-2/h3-4,7,14H,5-6,8H2,2H3. The fourth-order valence-corrected chi connectivity index (χ4v) is 1.90. The predicted octanol–water partition coefficient (Wildman–Crippen LogP) is 1.94. The van der Waals surface area contributed by atoms with Gasteiger partial charge in [0.2, 0.25) is 0 Å². The summed E-state index contributed by atoms with van der Waals surface area (Å²) in [5.41, 5.74) is 0.232. The quantitative estimate of drug-likeness (QED) is 0.773. The van der Waals surface area contributed by atoms with Crippen LogP contribution in [0.15, 0.2) is 18.2 Å². The number of aromatic hydroxyl groups is 1. The van der Waals surface area contributed by atoms with Gasteiger partial charge in [0.15, 0.2) is 11.5 Å². The first kappa shape index (κ1) is 10.8. The number of nitrogens with zero attached hydrogens (tertiary/aromatic N) is 1. The maximum absolute atomic E-state index is 9.50. The van der Waals surface area contributed by atoms with E-state index in [0.29, 0.717) is 25.4 Å². The molecule has 1 unspecified atom stereocenters. The van der Waals surface area contributed by atoms with Crippen LogP contribution in [0.5, 0.6) is 11.5 Å². The van der Waals surface area contributed by atoms with E-state index in [2.05, 4.69) is 4.85 Å². The van der Waals surface area contributed by atoms with Gasteiger partial charge in [0, 0.05) is 5.56 Å². The summed E-state index contributed by atoms with van der Waals surface area (Å²) in [6, 6.07) is 5.02. The van der Waals surface area contributed by atoms with E-state index in [0.717, 1.165) is 5.56 Å². The lowest BCUT2D eigenvalue weighted by molar-refractivity contribution is 0.185. The number of benzene rings is 1. The third-order valence-electron chi connectivity index (χ3n) is 2.93. The van der Waals surface area contributed by atoms with Gasteiger partial charge in [0.25, 0.3) is 5.54 Å². The number of rotatable bonds is 2. The molecule has 84 valence electrons. The van der Waals surface area contributed by atoms with Crippen LogP contribution in [0.3, 0.4) is 0 Å². The monoisotopic (exact) mass is 219 g/mol. The van der Waals surface area contributed by atoms with Gasteiger partial charge in [-0.1, -0.05) is 0 Å². The largest absolute Gasteiger partial charge is 0.504 e. The zero-order valence-electron chi connectivity index (χ0n) is 9.06. The van der Waals surface area contributed by atoms with Gasteiger partial charge in [-0.2, -0.15) is 0 Å². The number of methoxy groups -OCH3 is 1. The third kappa shape index (κ3) is 1.59. The minimum atomic E-state index is -0.610. The van der Waals surface area contributed by atoms with Crippen molar-refractivity contribution < 1.29 is 14.6 Å². The Morgan fingerprint density at radius 2 is 2.38 bits per heavy atom. The molecule has 0 radical (unpaired) electrons. The van der Waals surface area contributed by atoms with E-state index >= 15 is 0 Å². The Kier molecular flexibility index (Phi) is 2.71. The van der Waals surface area contributed by atoms with Crippen LogP contribution in [0.1, 0.15) is 12.0 Å². The van der Waals surface area contributed by atoms with Crippen molar-refractivity contribution in [3.05, 3.63) is 35.2 Å². The SMILES string of the molecule is [C-]#[N+]C1(c2ccc(O)c(OC)c2)CCOC1. The summed E-state index contributed by atoms with van der Waals surface area (Å²) >= 11 is 0. The smallest absolute Gasteiger partial charge is 0.282 e. The highest BCUT2D eigenvalue weighted by molar-refractivity contribution is 5.45. The molecule has 0 spiro atoms. The fourth-order valence-electron chi connectivity index (χ4n) is 1.90. The van der Waals surface area contributed by atoms with E-state index in [1.165, 1.54) is 7.11 Å². The Morgan fingerprint density at radius 1 is 1.56 bits per heavy atom. The Labute approximate surface area is 94.2 Å². The summed E-state index contributed by atoms with van der Waals surface area (Å²) in [6.45, 7) is 8.32. The first-order valence-electron chi connectivity index (χ1n) is 5.06. The molecule has 1 aliphatic heterocycles. The maximum Gasteiger partial charge on any atom is 0.282 e. The summed E-state index contributed by atoms with van der Waals surface area (Å²) in [4.78, 5) is 3.68. The van der Waals surface area contributed by atoms with Crippen molar-refractivity contribution in [1.29, 1.82) is 0 Å². The van der Waals surface area contributed by atoms with Crippen molar-refractivity contribution in [3.63, 3.8) is 0 Å². The predicted molar refractivity (Wildman–Crippen MR) is 58.4 cm³/mol. The van der Waals surface area contributed by atoms with Crippen LogP contribution < -0.4 is 4.74 Å². The van der Waals surface area contributed by atoms with Crippen LogP contribution in [0.4, 0.5) is 0 Å². The zero-order valence-corrected chi connectivity index (χ0v) is 9.06. The first-order chi connectivity index (χ1) is 7.72. The van der Waals surface area contributed by atoms with E-state index in [9.17, 15) is 5.11 Å². The number of phenolic OH excluding ortho intramolecular Hbond substituents is 1. The van der Waals surface area contributed by atoms with Gasteiger partial charge >= 0.3 is 0 Å². The van der Waals surface area contributed by atoms with Crippen molar-refractivity contribution in [2.24, 2.45) is 0 Å². The molecule has 4 nitrogen and oxygen atoms in total. The Bertz CT molecular complexity index is 430. The molecule has 0 aromatic heterocycles. The van der Waals surface area contributed by atoms with E-state index < -0.39 is 5.54 Å². The molecule has 1 N–H and O–H groups in total. The van der Waals surface area contributed by atoms with E-state index in [1.807, 2.05) is 0 Å². The average Bonchev–Trinajstić information content (AvgIpc) is 2.79. The molecule has 16 heavy (non-hydrogen) atoms. The first-order valence-corrected chi connectivity index (χ1v) is 5.06. The topological polar surface area (TPSA) is 43.0 Å². The van der Waals surface area contributed by atoms with Crippen LogP contribution in [0.2, 0.25) is 0 Å². The number of hydrogen-bond donors (Lipinski definition) is 1. The second-order valence-electron chi connectivity index (χ2n) is 3.83. The van der Waals surface area contributed by atoms with Crippen LogP contribution in [-0.2, 0) is 10.3 Å². The molecule has 1 heterocycles.